The van der Waals surface area contributed by atoms with Crippen LogP contribution in [0.15, 0.2) is 54.6 Å². The molecule has 2 fully saturated rings. The van der Waals surface area contributed by atoms with E-state index in [0.717, 1.165) is 10.9 Å². The molecule has 4 rings (SSSR count). The number of piperidine rings is 1. The van der Waals surface area contributed by atoms with Crippen molar-refractivity contribution in [3.05, 3.63) is 70.7 Å². The predicted octanol–water partition coefficient (Wildman–Crippen LogP) is 6.50. The molecule has 1 unspecified atom stereocenters. The molecule has 1 aliphatic heterocycles. The molecule has 0 N–H and O–H groups in total. The third kappa shape index (κ3) is 4.76. The lowest BCUT2D eigenvalue weighted by molar-refractivity contribution is 0.132. The lowest BCUT2D eigenvalue weighted by Crippen LogP contribution is -2.42. The maximum absolute atomic E-state index is 6.10. The van der Waals surface area contributed by atoms with Gasteiger partial charge in [0.25, 0.3) is 0 Å². The molecule has 0 bridgehead atoms. The van der Waals surface area contributed by atoms with Gasteiger partial charge in [-0.2, -0.15) is 0 Å². The first kappa shape index (κ1) is 19.0. The van der Waals surface area contributed by atoms with Gasteiger partial charge in [0, 0.05) is 11.6 Å². The van der Waals surface area contributed by atoms with Crippen molar-refractivity contribution in [2.75, 3.05) is 19.6 Å². The molecular weight excluding hydrogens is 350 g/mol. The van der Waals surface area contributed by atoms with Gasteiger partial charge in [0.05, 0.1) is 0 Å². The van der Waals surface area contributed by atoms with Gasteiger partial charge in [-0.25, -0.2) is 0 Å². The zero-order valence-corrected chi connectivity index (χ0v) is 17.1. The van der Waals surface area contributed by atoms with Crippen LogP contribution in [0.3, 0.4) is 0 Å². The molecule has 1 aliphatic carbocycles. The summed E-state index contributed by atoms with van der Waals surface area (Å²) in [7, 11) is 0. The highest BCUT2D eigenvalue weighted by Crippen LogP contribution is 2.46. The van der Waals surface area contributed by atoms with Crippen molar-refractivity contribution in [1.29, 1.82) is 0 Å². The molecule has 2 aromatic carbocycles. The molecule has 0 amide bonds. The smallest absolute Gasteiger partial charge is 0.0406 e. The number of hydrogen-bond acceptors (Lipinski definition) is 1. The van der Waals surface area contributed by atoms with Gasteiger partial charge in [0.15, 0.2) is 0 Å². The second kappa shape index (κ2) is 8.80. The fourth-order valence-electron chi connectivity index (χ4n) is 5.07. The highest BCUT2D eigenvalue weighted by Gasteiger charge is 2.38. The number of aryl methyl sites for hydroxylation is 1. The standard InChI is InChI=1S/C25H32ClN/c26-24-13-11-23(12-14-24)25(15-5-16-25)17-19-27-18-4-8-22(20-27)10-9-21-6-2-1-3-7-21/h1-3,6-7,11-14,22H,4-5,8-10,15-20H2. The van der Waals surface area contributed by atoms with Crippen LogP contribution in [0, 0.1) is 5.92 Å². The van der Waals surface area contributed by atoms with Crippen LogP contribution in [0.4, 0.5) is 0 Å². The van der Waals surface area contributed by atoms with E-state index in [4.69, 9.17) is 11.6 Å². The number of nitrogens with zero attached hydrogens (tertiary/aromatic N) is 1. The Morgan fingerprint density at radius 1 is 0.963 bits per heavy atom. The minimum absolute atomic E-state index is 0.418. The maximum Gasteiger partial charge on any atom is 0.0406 e. The average Bonchev–Trinajstić information content (AvgIpc) is 2.68. The molecule has 27 heavy (non-hydrogen) atoms. The van der Waals surface area contributed by atoms with Crippen LogP contribution in [0.1, 0.15) is 56.1 Å². The van der Waals surface area contributed by atoms with Gasteiger partial charge in [0.2, 0.25) is 0 Å². The van der Waals surface area contributed by atoms with E-state index < -0.39 is 0 Å². The van der Waals surface area contributed by atoms with E-state index in [1.807, 2.05) is 0 Å². The van der Waals surface area contributed by atoms with E-state index in [1.54, 1.807) is 0 Å². The molecule has 2 aliphatic rings. The monoisotopic (exact) mass is 381 g/mol. The summed E-state index contributed by atoms with van der Waals surface area (Å²) in [4.78, 5) is 2.75. The average molecular weight is 382 g/mol. The summed E-state index contributed by atoms with van der Waals surface area (Å²) < 4.78 is 0. The number of rotatable bonds is 7. The molecular formula is C25H32ClN. The topological polar surface area (TPSA) is 3.24 Å². The summed E-state index contributed by atoms with van der Waals surface area (Å²) in [5.41, 5.74) is 3.42. The Kier molecular flexibility index (Phi) is 6.20. The van der Waals surface area contributed by atoms with Crippen LogP contribution in [0.2, 0.25) is 5.02 Å². The highest BCUT2D eigenvalue weighted by molar-refractivity contribution is 6.30. The minimum atomic E-state index is 0.418. The summed E-state index contributed by atoms with van der Waals surface area (Å²) in [5.74, 6) is 0.867. The Hall–Kier alpha value is -1.31. The molecule has 0 aromatic heterocycles. The lowest BCUT2D eigenvalue weighted by Gasteiger charge is -2.44. The second-order valence-electron chi connectivity index (χ2n) is 8.72. The minimum Gasteiger partial charge on any atom is -0.303 e. The van der Waals surface area contributed by atoms with Crippen molar-refractivity contribution in [3.8, 4) is 0 Å². The number of hydrogen-bond donors (Lipinski definition) is 0. The van der Waals surface area contributed by atoms with Crippen LogP contribution in [-0.4, -0.2) is 24.5 Å². The summed E-state index contributed by atoms with van der Waals surface area (Å²) in [6.45, 7) is 3.84. The van der Waals surface area contributed by atoms with E-state index in [9.17, 15) is 0 Å². The number of halogens is 1. The third-order valence-corrected chi connectivity index (χ3v) is 7.21. The summed E-state index contributed by atoms with van der Waals surface area (Å²) in [6, 6.07) is 19.6. The first-order valence-electron chi connectivity index (χ1n) is 10.8. The first-order valence-corrected chi connectivity index (χ1v) is 11.1. The summed E-state index contributed by atoms with van der Waals surface area (Å²) in [5, 5.41) is 0.852. The van der Waals surface area contributed by atoms with Gasteiger partial charge in [-0.1, -0.05) is 60.5 Å². The fraction of sp³-hybridized carbons (Fsp3) is 0.520. The predicted molar refractivity (Wildman–Crippen MR) is 116 cm³/mol. The van der Waals surface area contributed by atoms with E-state index in [1.165, 1.54) is 82.1 Å². The Morgan fingerprint density at radius 3 is 2.44 bits per heavy atom. The Balaban J connectivity index is 1.29. The Labute approximate surface area is 169 Å². The van der Waals surface area contributed by atoms with Crippen molar-refractivity contribution >= 4 is 11.6 Å². The van der Waals surface area contributed by atoms with Crippen molar-refractivity contribution in [1.82, 2.24) is 4.90 Å². The van der Waals surface area contributed by atoms with Crippen molar-refractivity contribution < 1.29 is 0 Å². The first-order chi connectivity index (χ1) is 13.2. The van der Waals surface area contributed by atoms with Crippen molar-refractivity contribution in [2.45, 2.75) is 56.8 Å². The summed E-state index contributed by atoms with van der Waals surface area (Å²) in [6.07, 6.45) is 10.7. The van der Waals surface area contributed by atoms with Gasteiger partial charge in [-0.3, -0.25) is 0 Å². The fourth-order valence-corrected chi connectivity index (χ4v) is 5.19. The van der Waals surface area contributed by atoms with E-state index in [-0.39, 0.29) is 0 Å². The Morgan fingerprint density at radius 2 is 1.74 bits per heavy atom. The molecule has 144 valence electrons. The molecule has 2 aromatic rings. The van der Waals surface area contributed by atoms with Crippen LogP contribution in [-0.2, 0) is 11.8 Å². The molecule has 1 heterocycles. The van der Waals surface area contributed by atoms with Gasteiger partial charge >= 0.3 is 0 Å². The molecule has 1 saturated carbocycles. The van der Waals surface area contributed by atoms with E-state index >= 15 is 0 Å². The largest absolute Gasteiger partial charge is 0.303 e. The number of likely N-dealkylation sites (tertiary alicyclic amines) is 1. The van der Waals surface area contributed by atoms with Gasteiger partial charge < -0.3 is 4.90 Å². The van der Waals surface area contributed by atoms with Crippen molar-refractivity contribution in [2.24, 2.45) is 5.92 Å². The lowest BCUT2D eigenvalue weighted by atomic mass is 9.62. The van der Waals surface area contributed by atoms with Crippen LogP contribution in [0.25, 0.3) is 0 Å². The SMILES string of the molecule is Clc1ccc(C2(CCN3CCCC(CCc4ccccc4)C3)CCC2)cc1. The molecule has 2 heteroatoms. The molecule has 1 nitrogen and oxygen atoms in total. The highest BCUT2D eigenvalue weighted by atomic mass is 35.5. The van der Waals surface area contributed by atoms with Crippen LogP contribution in [0.5, 0.6) is 0 Å². The Bertz CT molecular complexity index is 705. The zero-order valence-electron chi connectivity index (χ0n) is 16.4. The van der Waals surface area contributed by atoms with Crippen molar-refractivity contribution in [3.63, 3.8) is 0 Å². The maximum atomic E-state index is 6.10. The van der Waals surface area contributed by atoms with E-state index in [0.29, 0.717) is 5.41 Å². The van der Waals surface area contributed by atoms with Gasteiger partial charge in [0.1, 0.15) is 0 Å². The van der Waals surface area contributed by atoms with Crippen LogP contribution >= 0.6 is 11.6 Å². The van der Waals surface area contributed by atoms with Gasteiger partial charge in [-0.05, 0) is 92.6 Å². The molecule has 1 saturated heterocycles. The number of benzene rings is 2. The third-order valence-electron chi connectivity index (χ3n) is 6.96. The normalized spacial score (nSPS) is 22.3. The van der Waals surface area contributed by atoms with Crippen LogP contribution < -0.4 is 0 Å². The summed E-state index contributed by atoms with van der Waals surface area (Å²) >= 11 is 6.10. The molecule has 0 spiro atoms. The second-order valence-corrected chi connectivity index (χ2v) is 9.16. The van der Waals surface area contributed by atoms with Gasteiger partial charge in [-0.15, -0.1) is 0 Å². The zero-order chi connectivity index (χ0) is 18.5. The molecule has 1 atom stereocenters. The van der Waals surface area contributed by atoms with E-state index in [2.05, 4.69) is 59.5 Å². The molecule has 0 radical (unpaired) electrons. The quantitative estimate of drug-likeness (QED) is 0.529.